The van der Waals surface area contributed by atoms with E-state index in [0.29, 0.717) is 26.2 Å². The summed E-state index contributed by atoms with van der Waals surface area (Å²) in [5, 5.41) is 5.37. The van der Waals surface area contributed by atoms with Gasteiger partial charge in [0.15, 0.2) is 0 Å². The number of nitrogens with zero attached hydrogens (tertiary/aromatic N) is 1. The number of amides is 3. The molecule has 0 aromatic heterocycles. The molecule has 0 aliphatic carbocycles. The molecule has 2 unspecified atom stereocenters. The molecule has 0 aromatic rings. The summed E-state index contributed by atoms with van der Waals surface area (Å²) < 4.78 is 10.7. The van der Waals surface area contributed by atoms with E-state index in [1.807, 2.05) is 13.8 Å². The Morgan fingerprint density at radius 1 is 1.14 bits per heavy atom. The van der Waals surface area contributed by atoms with Crippen molar-refractivity contribution in [1.82, 2.24) is 15.5 Å². The lowest BCUT2D eigenvalue weighted by Gasteiger charge is -2.35. The molecule has 1 saturated heterocycles. The third kappa shape index (κ3) is 7.17. The number of alkyl carbamates (subject to hydrolysis) is 1. The van der Waals surface area contributed by atoms with Crippen molar-refractivity contribution in [2.24, 2.45) is 0 Å². The monoisotopic (exact) mass is 301 g/mol. The molecule has 0 aromatic carbocycles. The van der Waals surface area contributed by atoms with Crippen LogP contribution in [0.1, 0.15) is 34.6 Å². The van der Waals surface area contributed by atoms with Crippen molar-refractivity contribution in [2.75, 3.05) is 26.2 Å². The van der Waals surface area contributed by atoms with Crippen molar-refractivity contribution in [3.8, 4) is 0 Å². The summed E-state index contributed by atoms with van der Waals surface area (Å²) in [5.74, 6) is 0. The lowest BCUT2D eigenvalue weighted by atomic mass is 10.2. The summed E-state index contributed by atoms with van der Waals surface area (Å²) in [4.78, 5) is 25.1. The van der Waals surface area contributed by atoms with Gasteiger partial charge in [0.05, 0.1) is 12.2 Å². The van der Waals surface area contributed by atoms with E-state index in [0.717, 1.165) is 0 Å². The fourth-order valence-corrected chi connectivity index (χ4v) is 2.10. The second-order valence-corrected chi connectivity index (χ2v) is 6.32. The van der Waals surface area contributed by atoms with E-state index < -0.39 is 11.7 Å². The quantitative estimate of drug-likeness (QED) is 0.771. The maximum atomic E-state index is 12.0. The van der Waals surface area contributed by atoms with Gasteiger partial charge in [-0.25, -0.2) is 9.59 Å². The third-order valence-corrected chi connectivity index (χ3v) is 2.78. The Morgan fingerprint density at radius 2 is 1.67 bits per heavy atom. The number of carbonyl (C=O) groups is 2. The van der Waals surface area contributed by atoms with Crippen LogP contribution in [0.15, 0.2) is 0 Å². The van der Waals surface area contributed by atoms with Gasteiger partial charge in [-0.3, -0.25) is 0 Å². The van der Waals surface area contributed by atoms with Crippen LogP contribution in [0.4, 0.5) is 9.59 Å². The Kier molecular flexibility index (Phi) is 6.26. The maximum absolute atomic E-state index is 12.0. The summed E-state index contributed by atoms with van der Waals surface area (Å²) in [6, 6.07) is -0.136. The van der Waals surface area contributed by atoms with Crippen molar-refractivity contribution in [2.45, 2.75) is 52.4 Å². The fourth-order valence-electron chi connectivity index (χ4n) is 2.10. The van der Waals surface area contributed by atoms with Crippen LogP contribution < -0.4 is 10.6 Å². The minimum Gasteiger partial charge on any atom is -0.444 e. The summed E-state index contributed by atoms with van der Waals surface area (Å²) >= 11 is 0. The predicted molar refractivity (Wildman–Crippen MR) is 79.2 cm³/mol. The highest BCUT2D eigenvalue weighted by molar-refractivity contribution is 5.74. The van der Waals surface area contributed by atoms with E-state index in [4.69, 9.17) is 9.47 Å². The van der Waals surface area contributed by atoms with Gasteiger partial charge in [-0.15, -0.1) is 0 Å². The second kappa shape index (κ2) is 7.49. The molecular weight excluding hydrogens is 274 g/mol. The van der Waals surface area contributed by atoms with Crippen LogP contribution in [0.25, 0.3) is 0 Å². The van der Waals surface area contributed by atoms with E-state index in [9.17, 15) is 9.59 Å². The normalized spacial score (nSPS) is 22.6. The minimum absolute atomic E-state index is 0.0411. The number of carbonyl (C=O) groups excluding carboxylic acids is 2. The molecular formula is C14H27N3O4. The van der Waals surface area contributed by atoms with Gasteiger partial charge in [0.1, 0.15) is 5.60 Å². The first-order valence-corrected chi connectivity index (χ1v) is 7.32. The summed E-state index contributed by atoms with van der Waals surface area (Å²) in [6.45, 7) is 11.1. The number of hydrogen-bond acceptors (Lipinski definition) is 4. The van der Waals surface area contributed by atoms with Gasteiger partial charge in [-0.1, -0.05) is 0 Å². The molecule has 0 spiro atoms. The largest absolute Gasteiger partial charge is 0.444 e. The maximum Gasteiger partial charge on any atom is 0.407 e. The predicted octanol–water partition coefficient (Wildman–Crippen LogP) is 1.33. The Balaban J connectivity index is 2.20. The van der Waals surface area contributed by atoms with Crippen LogP contribution >= 0.6 is 0 Å². The zero-order chi connectivity index (χ0) is 16.0. The number of rotatable bonds is 3. The van der Waals surface area contributed by atoms with Gasteiger partial charge < -0.3 is 25.0 Å². The first-order chi connectivity index (χ1) is 9.67. The Morgan fingerprint density at radius 3 is 2.19 bits per heavy atom. The molecule has 2 atom stereocenters. The van der Waals surface area contributed by atoms with Gasteiger partial charge in [0.25, 0.3) is 0 Å². The molecule has 0 radical (unpaired) electrons. The molecule has 7 heteroatoms. The molecule has 1 fully saturated rings. The lowest BCUT2D eigenvalue weighted by molar-refractivity contribution is -0.0544. The second-order valence-electron chi connectivity index (χ2n) is 6.32. The van der Waals surface area contributed by atoms with Crippen LogP contribution in [0.3, 0.4) is 0 Å². The summed E-state index contributed by atoms with van der Waals surface area (Å²) in [7, 11) is 0. The molecule has 0 bridgehead atoms. The topological polar surface area (TPSA) is 79.9 Å². The van der Waals surface area contributed by atoms with E-state index in [1.165, 1.54) is 0 Å². The number of hydrogen-bond donors (Lipinski definition) is 2. The zero-order valence-corrected chi connectivity index (χ0v) is 13.6. The minimum atomic E-state index is -0.520. The summed E-state index contributed by atoms with van der Waals surface area (Å²) in [6.07, 6.45) is -0.399. The Labute approximate surface area is 126 Å². The van der Waals surface area contributed by atoms with Crippen molar-refractivity contribution in [3.63, 3.8) is 0 Å². The SMILES string of the molecule is CC1CN(C(=O)NCCNC(=O)OC(C)(C)C)CC(C)O1. The van der Waals surface area contributed by atoms with Gasteiger partial charge >= 0.3 is 12.1 Å². The Hall–Kier alpha value is -1.50. The van der Waals surface area contributed by atoms with E-state index in [2.05, 4.69) is 10.6 Å². The highest BCUT2D eigenvalue weighted by Gasteiger charge is 2.25. The first-order valence-electron chi connectivity index (χ1n) is 7.32. The molecule has 7 nitrogen and oxygen atoms in total. The van der Waals surface area contributed by atoms with Crippen LogP contribution in [0.2, 0.25) is 0 Å². The van der Waals surface area contributed by atoms with Crippen LogP contribution in [-0.2, 0) is 9.47 Å². The van der Waals surface area contributed by atoms with Gasteiger partial charge in [-0.2, -0.15) is 0 Å². The molecule has 122 valence electrons. The lowest BCUT2D eigenvalue weighted by Crippen LogP contribution is -2.52. The Bertz CT molecular complexity index is 358. The smallest absolute Gasteiger partial charge is 0.407 e. The highest BCUT2D eigenvalue weighted by Crippen LogP contribution is 2.10. The number of urea groups is 1. The fraction of sp³-hybridized carbons (Fsp3) is 0.857. The molecule has 1 aliphatic heterocycles. The standard InChI is InChI=1S/C14H27N3O4/c1-10-8-17(9-11(2)20-10)12(18)15-6-7-16-13(19)21-14(3,4)5/h10-11H,6-9H2,1-5H3,(H,15,18)(H,16,19). The van der Waals surface area contributed by atoms with E-state index in [1.54, 1.807) is 25.7 Å². The third-order valence-electron chi connectivity index (χ3n) is 2.78. The molecule has 0 saturated carbocycles. The highest BCUT2D eigenvalue weighted by atomic mass is 16.6. The molecule has 1 aliphatic rings. The van der Waals surface area contributed by atoms with Crippen LogP contribution in [0, 0.1) is 0 Å². The molecule has 2 N–H and O–H groups in total. The van der Waals surface area contributed by atoms with Crippen molar-refractivity contribution < 1.29 is 19.1 Å². The van der Waals surface area contributed by atoms with E-state index >= 15 is 0 Å². The van der Waals surface area contributed by atoms with Crippen LogP contribution in [0.5, 0.6) is 0 Å². The number of ether oxygens (including phenoxy) is 2. The van der Waals surface area contributed by atoms with Crippen LogP contribution in [-0.4, -0.2) is 61.0 Å². The van der Waals surface area contributed by atoms with Gasteiger partial charge in [0.2, 0.25) is 0 Å². The number of nitrogens with one attached hydrogen (secondary N) is 2. The zero-order valence-electron chi connectivity index (χ0n) is 13.6. The van der Waals surface area contributed by atoms with Crippen molar-refractivity contribution in [1.29, 1.82) is 0 Å². The average Bonchev–Trinajstić information content (AvgIpc) is 2.31. The molecule has 1 heterocycles. The average molecular weight is 301 g/mol. The summed E-state index contributed by atoms with van der Waals surface area (Å²) in [5.41, 5.74) is -0.520. The molecule has 21 heavy (non-hydrogen) atoms. The molecule has 3 amide bonds. The first kappa shape index (κ1) is 17.6. The van der Waals surface area contributed by atoms with Crippen molar-refractivity contribution in [3.05, 3.63) is 0 Å². The van der Waals surface area contributed by atoms with E-state index in [-0.39, 0.29) is 18.2 Å². The molecule has 1 rings (SSSR count). The van der Waals surface area contributed by atoms with Crippen molar-refractivity contribution >= 4 is 12.1 Å². The van der Waals surface area contributed by atoms with Gasteiger partial charge in [-0.05, 0) is 34.6 Å². The van der Waals surface area contributed by atoms with Gasteiger partial charge in [0, 0.05) is 26.2 Å². The number of morpholine rings is 1.